The van der Waals surface area contributed by atoms with Gasteiger partial charge in [0.1, 0.15) is 5.75 Å². The van der Waals surface area contributed by atoms with Gasteiger partial charge >= 0.3 is 0 Å². The SMILES string of the molecule is COc1c(O)ccc(CC[C@@H](O)[C@@H]2CC#C[C@@H](CCO)CCCC[C@@H]2O)c1-c1cc2ccc(O)cc2cc1CO. The molecule has 4 atom stereocenters. The summed E-state index contributed by atoms with van der Waals surface area (Å²) in [5, 5.41) is 63.9. The molecule has 7 nitrogen and oxygen atoms in total. The maximum atomic E-state index is 11.3. The van der Waals surface area contributed by atoms with E-state index in [4.69, 9.17) is 4.74 Å². The Labute approximate surface area is 235 Å². The number of methoxy groups -OCH3 is 1. The van der Waals surface area contributed by atoms with Gasteiger partial charge < -0.3 is 35.4 Å². The van der Waals surface area contributed by atoms with Gasteiger partial charge in [-0.1, -0.05) is 30.9 Å². The molecule has 214 valence electrons. The average Bonchev–Trinajstić information content (AvgIpc) is 2.95. The first kappa shape index (κ1) is 29.7. The van der Waals surface area contributed by atoms with E-state index >= 15 is 0 Å². The van der Waals surface area contributed by atoms with E-state index in [1.807, 2.05) is 12.1 Å². The zero-order chi connectivity index (χ0) is 28.6. The molecule has 0 bridgehead atoms. The van der Waals surface area contributed by atoms with Crippen LogP contribution in [0.1, 0.15) is 56.1 Å². The number of phenolic OH excluding ortho intramolecular Hbond substituents is 2. The van der Waals surface area contributed by atoms with E-state index in [1.54, 1.807) is 30.3 Å². The van der Waals surface area contributed by atoms with Crippen LogP contribution in [0.4, 0.5) is 0 Å². The normalized spacial score (nSPS) is 20.5. The van der Waals surface area contributed by atoms with Crippen LogP contribution in [0.25, 0.3) is 21.9 Å². The van der Waals surface area contributed by atoms with E-state index in [-0.39, 0.29) is 36.4 Å². The standard InChI is InChI=1S/C33H40O7/c1-40-33-31(39)14-11-22(32(33)28-19-23-9-12-26(36)18-24(23)17-25(28)20-35)10-13-30(38)27-7-4-6-21(15-16-34)5-2-3-8-29(27)37/h9,11-12,14,17-19,21,27,29-30,34-39H,2-3,5,7-8,10,13,15-16,20H2,1H3/t21-,27+,29-,30+/m0/s1. The van der Waals surface area contributed by atoms with Crippen LogP contribution >= 0.6 is 0 Å². The summed E-state index contributed by atoms with van der Waals surface area (Å²) < 4.78 is 5.62. The van der Waals surface area contributed by atoms with E-state index in [1.165, 1.54) is 7.11 Å². The highest BCUT2D eigenvalue weighted by molar-refractivity contribution is 5.92. The number of rotatable bonds is 9. The van der Waals surface area contributed by atoms with Gasteiger partial charge in [-0.05, 0) is 89.9 Å². The number of hydrogen-bond donors (Lipinski definition) is 6. The van der Waals surface area contributed by atoms with E-state index in [9.17, 15) is 30.6 Å². The molecular weight excluding hydrogens is 508 g/mol. The molecule has 0 saturated heterocycles. The highest BCUT2D eigenvalue weighted by atomic mass is 16.5. The Morgan fingerprint density at radius 2 is 1.77 bits per heavy atom. The Morgan fingerprint density at radius 3 is 2.52 bits per heavy atom. The molecule has 7 heteroatoms. The minimum absolute atomic E-state index is 0.0352. The van der Waals surface area contributed by atoms with Gasteiger partial charge in [0.25, 0.3) is 0 Å². The van der Waals surface area contributed by atoms with Crippen molar-refractivity contribution < 1.29 is 35.4 Å². The van der Waals surface area contributed by atoms with Crippen LogP contribution in [-0.2, 0) is 13.0 Å². The van der Waals surface area contributed by atoms with Gasteiger partial charge in [-0.25, -0.2) is 0 Å². The van der Waals surface area contributed by atoms with Crippen LogP contribution in [0.3, 0.4) is 0 Å². The Hall–Kier alpha value is -3.28. The molecule has 0 radical (unpaired) electrons. The predicted molar refractivity (Wildman–Crippen MR) is 155 cm³/mol. The van der Waals surface area contributed by atoms with Crippen molar-refractivity contribution in [3.8, 4) is 40.2 Å². The molecule has 1 aliphatic carbocycles. The second kappa shape index (κ2) is 13.9. The van der Waals surface area contributed by atoms with Crippen LogP contribution in [0.5, 0.6) is 17.2 Å². The summed E-state index contributed by atoms with van der Waals surface area (Å²) in [6.07, 6.45) is 3.63. The second-order valence-corrected chi connectivity index (χ2v) is 10.7. The topological polar surface area (TPSA) is 131 Å². The largest absolute Gasteiger partial charge is 0.508 e. The molecule has 3 aromatic carbocycles. The summed E-state index contributed by atoms with van der Waals surface area (Å²) >= 11 is 0. The number of ether oxygens (including phenoxy) is 1. The van der Waals surface area contributed by atoms with E-state index in [2.05, 4.69) is 11.8 Å². The van der Waals surface area contributed by atoms with Crippen molar-refractivity contribution in [3.05, 3.63) is 53.6 Å². The van der Waals surface area contributed by atoms with Gasteiger partial charge in [0.15, 0.2) is 11.5 Å². The number of hydrogen-bond acceptors (Lipinski definition) is 7. The van der Waals surface area contributed by atoms with Gasteiger partial charge in [-0.15, -0.1) is 5.92 Å². The summed E-state index contributed by atoms with van der Waals surface area (Å²) in [6.45, 7) is -0.157. The summed E-state index contributed by atoms with van der Waals surface area (Å²) in [5.41, 5.74) is 2.76. The first-order chi connectivity index (χ1) is 19.4. The third kappa shape index (κ3) is 6.89. The molecule has 3 aromatic rings. The summed E-state index contributed by atoms with van der Waals surface area (Å²) in [7, 11) is 1.48. The van der Waals surface area contributed by atoms with Crippen LogP contribution in [0.15, 0.2) is 42.5 Å². The van der Waals surface area contributed by atoms with Crippen molar-refractivity contribution in [1.29, 1.82) is 0 Å². The van der Waals surface area contributed by atoms with Gasteiger partial charge in [0.2, 0.25) is 0 Å². The summed E-state index contributed by atoms with van der Waals surface area (Å²) in [5.74, 6) is 6.51. The maximum absolute atomic E-state index is 11.3. The van der Waals surface area contributed by atoms with Crippen molar-refractivity contribution in [2.45, 2.75) is 70.2 Å². The third-order valence-electron chi connectivity index (χ3n) is 8.03. The van der Waals surface area contributed by atoms with Crippen molar-refractivity contribution in [3.63, 3.8) is 0 Å². The monoisotopic (exact) mass is 548 g/mol. The number of benzene rings is 3. The van der Waals surface area contributed by atoms with Gasteiger partial charge in [0, 0.05) is 30.4 Å². The molecule has 0 heterocycles. The van der Waals surface area contributed by atoms with Crippen molar-refractivity contribution in [2.75, 3.05) is 13.7 Å². The molecule has 0 saturated carbocycles. The van der Waals surface area contributed by atoms with Gasteiger partial charge in [-0.2, -0.15) is 0 Å². The number of aliphatic hydroxyl groups is 4. The number of aryl methyl sites for hydroxylation is 1. The zero-order valence-electron chi connectivity index (χ0n) is 23.0. The average molecular weight is 549 g/mol. The lowest BCUT2D eigenvalue weighted by atomic mass is 9.84. The Balaban J connectivity index is 1.65. The molecule has 1 aliphatic rings. The number of fused-ring (bicyclic) bond motifs is 1. The minimum Gasteiger partial charge on any atom is -0.508 e. The minimum atomic E-state index is -0.801. The Morgan fingerprint density at radius 1 is 0.975 bits per heavy atom. The molecule has 0 amide bonds. The molecule has 4 rings (SSSR count). The number of aliphatic hydroxyl groups excluding tert-OH is 4. The lowest BCUT2D eigenvalue weighted by Gasteiger charge is -2.27. The lowest BCUT2D eigenvalue weighted by Crippen LogP contribution is -2.32. The van der Waals surface area contributed by atoms with Crippen LogP contribution in [0, 0.1) is 23.7 Å². The van der Waals surface area contributed by atoms with Crippen molar-refractivity contribution >= 4 is 10.8 Å². The Bertz CT molecular complexity index is 1360. The number of aromatic hydroxyl groups is 2. The zero-order valence-corrected chi connectivity index (χ0v) is 23.0. The predicted octanol–water partition coefficient (Wildman–Crippen LogP) is 4.66. The Kier molecular flexibility index (Phi) is 10.3. The first-order valence-corrected chi connectivity index (χ1v) is 14.1. The van der Waals surface area contributed by atoms with E-state index < -0.39 is 18.1 Å². The van der Waals surface area contributed by atoms with E-state index in [0.29, 0.717) is 48.8 Å². The number of phenols is 2. The molecule has 0 unspecified atom stereocenters. The van der Waals surface area contributed by atoms with Gasteiger partial charge in [0.05, 0.1) is 25.9 Å². The van der Waals surface area contributed by atoms with Crippen LogP contribution in [-0.4, -0.2) is 56.6 Å². The molecule has 0 aromatic heterocycles. The molecular formula is C33H40O7. The molecule has 0 aliphatic heterocycles. The summed E-state index contributed by atoms with van der Waals surface area (Å²) in [6, 6.07) is 12.1. The third-order valence-corrected chi connectivity index (χ3v) is 8.03. The fraction of sp³-hybridized carbons (Fsp3) is 0.455. The highest BCUT2D eigenvalue weighted by Crippen LogP contribution is 2.43. The molecule has 0 fully saturated rings. The molecule has 0 spiro atoms. The lowest BCUT2D eigenvalue weighted by molar-refractivity contribution is 0.00557. The van der Waals surface area contributed by atoms with Crippen molar-refractivity contribution in [1.82, 2.24) is 0 Å². The van der Waals surface area contributed by atoms with Crippen LogP contribution < -0.4 is 4.74 Å². The summed E-state index contributed by atoms with van der Waals surface area (Å²) in [4.78, 5) is 0. The molecule has 6 N–H and O–H groups in total. The highest BCUT2D eigenvalue weighted by Gasteiger charge is 2.28. The van der Waals surface area contributed by atoms with E-state index in [0.717, 1.165) is 35.6 Å². The van der Waals surface area contributed by atoms with Crippen molar-refractivity contribution in [2.24, 2.45) is 11.8 Å². The molecule has 40 heavy (non-hydrogen) atoms. The fourth-order valence-electron chi connectivity index (χ4n) is 5.79. The maximum Gasteiger partial charge on any atom is 0.168 e. The fourth-order valence-corrected chi connectivity index (χ4v) is 5.79. The quantitative estimate of drug-likeness (QED) is 0.215. The van der Waals surface area contributed by atoms with Gasteiger partial charge in [-0.3, -0.25) is 0 Å². The van der Waals surface area contributed by atoms with Crippen LogP contribution in [0.2, 0.25) is 0 Å². The second-order valence-electron chi connectivity index (χ2n) is 10.7. The smallest absolute Gasteiger partial charge is 0.168 e. The first-order valence-electron chi connectivity index (χ1n) is 14.1.